The lowest BCUT2D eigenvalue weighted by Gasteiger charge is -2.08. The number of fused-ring (bicyclic) bond motifs is 1. The van der Waals surface area contributed by atoms with Gasteiger partial charge >= 0.3 is 5.97 Å². The highest BCUT2D eigenvalue weighted by atomic mass is 127. The van der Waals surface area contributed by atoms with E-state index in [2.05, 4.69) is 32.7 Å². The van der Waals surface area contributed by atoms with Gasteiger partial charge in [0.05, 0.1) is 34.0 Å². The molecule has 0 amide bonds. The van der Waals surface area contributed by atoms with Crippen molar-refractivity contribution in [2.45, 2.75) is 6.54 Å². The van der Waals surface area contributed by atoms with Gasteiger partial charge in [-0.2, -0.15) is 5.10 Å². The van der Waals surface area contributed by atoms with Crippen LogP contribution in [0.4, 0.5) is 0 Å². The molecule has 5 nitrogen and oxygen atoms in total. The number of hydrogen-bond donors (Lipinski definition) is 0. The van der Waals surface area contributed by atoms with Crippen molar-refractivity contribution in [2.24, 2.45) is 0 Å². The molecule has 0 N–H and O–H groups in total. The van der Waals surface area contributed by atoms with Crippen LogP contribution in [0.15, 0.2) is 36.7 Å². The van der Waals surface area contributed by atoms with Crippen molar-refractivity contribution < 1.29 is 9.53 Å². The van der Waals surface area contributed by atoms with E-state index in [1.54, 1.807) is 17.1 Å². The lowest BCUT2D eigenvalue weighted by Crippen LogP contribution is -2.13. The molecule has 1 aromatic carbocycles. The Hall–Kier alpha value is -1.67. The molecule has 0 atom stereocenters. The number of esters is 1. The number of rotatable bonds is 3. The smallest absolute Gasteiger partial charge is 0.357 e. The summed E-state index contributed by atoms with van der Waals surface area (Å²) in [4.78, 5) is 16.1. The SMILES string of the molecule is COC(=O)c1c(I)cnn1Cc1ccc2ncc(Cl)cc2c1. The van der Waals surface area contributed by atoms with Crippen LogP contribution in [0, 0.1) is 3.57 Å². The van der Waals surface area contributed by atoms with Crippen molar-refractivity contribution in [1.29, 1.82) is 0 Å². The van der Waals surface area contributed by atoms with Gasteiger partial charge in [-0.15, -0.1) is 0 Å². The van der Waals surface area contributed by atoms with Crippen molar-refractivity contribution in [2.75, 3.05) is 7.11 Å². The Labute approximate surface area is 145 Å². The van der Waals surface area contributed by atoms with Crippen LogP contribution in [-0.4, -0.2) is 27.8 Å². The normalized spacial score (nSPS) is 10.9. The molecule has 0 aliphatic carbocycles. The van der Waals surface area contributed by atoms with E-state index in [1.165, 1.54) is 7.11 Å². The zero-order valence-electron chi connectivity index (χ0n) is 11.6. The average Bonchev–Trinajstić information content (AvgIpc) is 2.87. The van der Waals surface area contributed by atoms with E-state index < -0.39 is 5.97 Å². The van der Waals surface area contributed by atoms with Gasteiger partial charge in [0.15, 0.2) is 5.69 Å². The molecule has 0 spiro atoms. The Kier molecular flexibility index (Phi) is 4.30. The molecule has 0 aliphatic rings. The van der Waals surface area contributed by atoms with Crippen LogP contribution in [0.2, 0.25) is 5.02 Å². The van der Waals surface area contributed by atoms with E-state index in [0.29, 0.717) is 17.3 Å². The molecule has 112 valence electrons. The minimum atomic E-state index is -0.396. The van der Waals surface area contributed by atoms with Gasteiger partial charge in [0.25, 0.3) is 0 Å². The maximum absolute atomic E-state index is 11.8. The van der Waals surface area contributed by atoms with Gasteiger partial charge in [0.2, 0.25) is 0 Å². The molecule has 3 rings (SSSR count). The Morgan fingerprint density at radius 2 is 2.18 bits per heavy atom. The summed E-state index contributed by atoms with van der Waals surface area (Å²) < 4.78 is 7.20. The molecule has 0 saturated carbocycles. The first-order chi connectivity index (χ1) is 10.6. The summed E-state index contributed by atoms with van der Waals surface area (Å²) in [5, 5.41) is 5.79. The third kappa shape index (κ3) is 2.93. The van der Waals surface area contributed by atoms with Crippen molar-refractivity contribution in [3.63, 3.8) is 0 Å². The quantitative estimate of drug-likeness (QED) is 0.474. The van der Waals surface area contributed by atoms with Gasteiger partial charge in [-0.1, -0.05) is 17.7 Å². The average molecular weight is 428 g/mol. The van der Waals surface area contributed by atoms with Crippen molar-refractivity contribution in [1.82, 2.24) is 14.8 Å². The molecule has 0 radical (unpaired) electrons. The first-order valence-electron chi connectivity index (χ1n) is 6.42. The third-order valence-corrected chi connectivity index (χ3v) is 4.21. The zero-order chi connectivity index (χ0) is 15.7. The van der Waals surface area contributed by atoms with Crippen molar-refractivity contribution in [3.8, 4) is 0 Å². The molecule has 2 heterocycles. The molecule has 0 fully saturated rings. The summed E-state index contributed by atoms with van der Waals surface area (Å²) in [7, 11) is 1.36. The van der Waals surface area contributed by atoms with Gasteiger partial charge in [-0.05, 0) is 46.4 Å². The summed E-state index contributed by atoms with van der Waals surface area (Å²) in [6.07, 6.45) is 3.26. The maximum Gasteiger partial charge on any atom is 0.357 e. The summed E-state index contributed by atoms with van der Waals surface area (Å²) in [6, 6.07) is 7.73. The summed E-state index contributed by atoms with van der Waals surface area (Å²) in [5.41, 5.74) is 2.32. The van der Waals surface area contributed by atoms with Gasteiger partial charge in [-0.25, -0.2) is 4.79 Å². The number of carbonyl (C=O) groups is 1. The second-order valence-electron chi connectivity index (χ2n) is 4.67. The van der Waals surface area contributed by atoms with E-state index in [1.807, 2.05) is 24.3 Å². The maximum atomic E-state index is 11.8. The highest BCUT2D eigenvalue weighted by Gasteiger charge is 2.17. The topological polar surface area (TPSA) is 57.0 Å². The largest absolute Gasteiger partial charge is 0.464 e. The molecule has 0 unspecified atom stereocenters. The number of aromatic nitrogens is 3. The standard InChI is InChI=1S/C15H11ClIN3O2/c1-22-15(21)14-12(17)7-19-20(14)8-9-2-3-13-10(4-9)5-11(16)6-18-13/h2-7H,8H2,1H3. The molecule has 0 saturated heterocycles. The molecule has 0 aliphatic heterocycles. The first kappa shape index (κ1) is 15.2. The monoisotopic (exact) mass is 427 g/mol. The molecular formula is C15H11ClIN3O2. The molecule has 2 aromatic heterocycles. The highest BCUT2D eigenvalue weighted by Crippen LogP contribution is 2.20. The van der Waals surface area contributed by atoms with E-state index in [4.69, 9.17) is 16.3 Å². The number of pyridine rings is 1. The minimum absolute atomic E-state index is 0.396. The van der Waals surface area contributed by atoms with Gasteiger partial charge in [-0.3, -0.25) is 9.67 Å². The number of methoxy groups -OCH3 is 1. The second kappa shape index (κ2) is 6.21. The minimum Gasteiger partial charge on any atom is -0.464 e. The van der Waals surface area contributed by atoms with Crippen LogP contribution in [0.1, 0.15) is 16.1 Å². The van der Waals surface area contributed by atoms with Crippen LogP contribution in [-0.2, 0) is 11.3 Å². The van der Waals surface area contributed by atoms with Crippen LogP contribution in [0.5, 0.6) is 0 Å². The predicted octanol–water partition coefficient (Wildman–Crippen LogP) is 3.52. The number of hydrogen-bond acceptors (Lipinski definition) is 4. The lowest BCUT2D eigenvalue weighted by atomic mass is 10.1. The second-order valence-corrected chi connectivity index (χ2v) is 6.27. The summed E-state index contributed by atoms with van der Waals surface area (Å²) in [6.45, 7) is 0.468. The number of nitrogens with zero attached hydrogens (tertiary/aromatic N) is 3. The van der Waals surface area contributed by atoms with Crippen LogP contribution in [0.3, 0.4) is 0 Å². The highest BCUT2D eigenvalue weighted by molar-refractivity contribution is 14.1. The van der Waals surface area contributed by atoms with Crippen LogP contribution < -0.4 is 0 Å². The Bertz CT molecular complexity index is 863. The molecular weight excluding hydrogens is 417 g/mol. The van der Waals surface area contributed by atoms with Crippen LogP contribution >= 0.6 is 34.2 Å². The number of ether oxygens (including phenoxy) is 1. The van der Waals surface area contributed by atoms with Gasteiger partial charge in [0, 0.05) is 11.6 Å². The third-order valence-electron chi connectivity index (χ3n) is 3.22. The Balaban J connectivity index is 1.98. The van der Waals surface area contributed by atoms with Gasteiger partial charge in [0.1, 0.15) is 0 Å². The molecule has 3 aromatic rings. The zero-order valence-corrected chi connectivity index (χ0v) is 14.5. The van der Waals surface area contributed by atoms with E-state index in [-0.39, 0.29) is 0 Å². The number of halogens is 2. The van der Waals surface area contributed by atoms with Gasteiger partial charge < -0.3 is 4.74 Å². The van der Waals surface area contributed by atoms with Crippen molar-refractivity contribution >= 4 is 51.1 Å². The molecule has 22 heavy (non-hydrogen) atoms. The Morgan fingerprint density at radius 1 is 1.36 bits per heavy atom. The fourth-order valence-electron chi connectivity index (χ4n) is 2.21. The first-order valence-corrected chi connectivity index (χ1v) is 7.88. The fraction of sp³-hybridized carbons (Fsp3) is 0.133. The molecule has 0 bridgehead atoms. The number of carbonyl (C=O) groups excluding carboxylic acids is 1. The van der Waals surface area contributed by atoms with E-state index in [0.717, 1.165) is 20.0 Å². The predicted molar refractivity (Wildman–Crippen MR) is 92.1 cm³/mol. The lowest BCUT2D eigenvalue weighted by molar-refractivity contribution is 0.0586. The summed E-state index contributed by atoms with van der Waals surface area (Å²) >= 11 is 8.05. The van der Waals surface area contributed by atoms with Crippen LogP contribution in [0.25, 0.3) is 10.9 Å². The molecule has 7 heteroatoms. The number of benzene rings is 1. The fourth-order valence-corrected chi connectivity index (χ4v) is 3.00. The van der Waals surface area contributed by atoms with E-state index >= 15 is 0 Å². The summed E-state index contributed by atoms with van der Waals surface area (Å²) in [5.74, 6) is -0.396. The van der Waals surface area contributed by atoms with E-state index in [9.17, 15) is 4.79 Å². The van der Waals surface area contributed by atoms with Crippen molar-refractivity contribution in [3.05, 3.63) is 56.5 Å². The Morgan fingerprint density at radius 3 is 2.95 bits per heavy atom.